The van der Waals surface area contributed by atoms with Gasteiger partial charge < -0.3 is 15.1 Å². The van der Waals surface area contributed by atoms with E-state index in [4.69, 9.17) is 5.11 Å². The standard InChI is InChI=1S/C14H20N2O3/c1-9(2)11-4-3-5-13(15-11)16-7-6-12(17)10(8-16)14(18)19/h3-5,9-10,12,17H,6-8H2,1-2H3,(H,18,19)/t10-,12+/m0/s1. The molecular weight excluding hydrogens is 244 g/mol. The molecular formula is C14H20N2O3. The lowest BCUT2D eigenvalue weighted by Gasteiger charge is -2.35. The van der Waals surface area contributed by atoms with E-state index < -0.39 is 18.0 Å². The number of rotatable bonds is 3. The van der Waals surface area contributed by atoms with Crippen molar-refractivity contribution < 1.29 is 15.0 Å². The van der Waals surface area contributed by atoms with Crippen molar-refractivity contribution in [1.82, 2.24) is 4.98 Å². The second kappa shape index (κ2) is 5.57. The fraction of sp³-hybridized carbons (Fsp3) is 0.571. The number of aliphatic hydroxyl groups excluding tert-OH is 1. The van der Waals surface area contributed by atoms with E-state index in [1.54, 1.807) is 0 Å². The van der Waals surface area contributed by atoms with Crippen LogP contribution in [0.15, 0.2) is 18.2 Å². The lowest BCUT2D eigenvalue weighted by atomic mass is 9.95. The molecule has 2 atom stereocenters. The number of aliphatic hydroxyl groups is 1. The molecule has 0 saturated carbocycles. The SMILES string of the molecule is CC(C)c1cccc(N2CC[C@@H](O)[C@@H](C(=O)O)C2)n1. The molecule has 19 heavy (non-hydrogen) atoms. The molecule has 1 saturated heterocycles. The van der Waals surface area contributed by atoms with Crippen LogP contribution in [0.4, 0.5) is 5.82 Å². The van der Waals surface area contributed by atoms with Crippen LogP contribution in [0, 0.1) is 5.92 Å². The summed E-state index contributed by atoms with van der Waals surface area (Å²) in [5.41, 5.74) is 0.996. The predicted octanol–water partition coefficient (Wildman–Crippen LogP) is 1.48. The zero-order chi connectivity index (χ0) is 14.0. The Morgan fingerprint density at radius 2 is 2.21 bits per heavy atom. The molecule has 0 unspecified atom stereocenters. The smallest absolute Gasteiger partial charge is 0.310 e. The molecule has 5 nitrogen and oxygen atoms in total. The maximum absolute atomic E-state index is 11.1. The Hall–Kier alpha value is -1.62. The van der Waals surface area contributed by atoms with Gasteiger partial charge in [-0.05, 0) is 24.5 Å². The summed E-state index contributed by atoms with van der Waals surface area (Å²) >= 11 is 0. The van der Waals surface area contributed by atoms with Crippen LogP contribution >= 0.6 is 0 Å². The van der Waals surface area contributed by atoms with Crippen LogP contribution in [0.5, 0.6) is 0 Å². The summed E-state index contributed by atoms with van der Waals surface area (Å²) in [6.45, 7) is 5.10. The number of carboxylic acids is 1. The van der Waals surface area contributed by atoms with Crippen molar-refractivity contribution in [3.05, 3.63) is 23.9 Å². The Morgan fingerprint density at radius 3 is 2.84 bits per heavy atom. The van der Waals surface area contributed by atoms with Gasteiger partial charge in [0.05, 0.1) is 6.10 Å². The highest BCUT2D eigenvalue weighted by molar-refractivity contribution is 5.72. The highest BCUT2D eigenvalue weighted by Gasteiger charge is 2.33. The molecule has 1 aliphatic heterocycles. The summed E-state index contributed by atoms with van der Waals surface area (Å²) in [6.07, 6.45) is -0.299. The third kappa shape index (κ3) is 3.04. The molecule has 104 valence electrons. The van der Waals surface area contributed by atoms with Gasteiger partial charge in [0.25, 0.3) is 0 Å². The van der Waals surface area contributed by atoms with Gasteiger partial charge in [-0.2, -0.15) is 0 Å². The van der Waals surface area contributed by atoms with Crippen LogP contribution in [-0.2, 0) is 4.79 Å². The molecule has 1 aromatic rings. The van der Waals surface area contributed by atoms with E-state index >= 15 is 0 Å². The summed E-state index contributed by atoms with van der Waals surface area (Å²) in [7, 11) is 0. The number of carboxylic acid groups (broad SMARTS) is 1. The summed E-state index contributed by atoms with van der Waals surface area (Å²) in [5, 5.41) is 18.8. The van der Waals surface area contributed by atoms with E-state index in [2.05, 4.69) is 18.8 Å². The number of pyridine rings is 1. The van der Waals surface area contributed by atoms with Gasteiger partial charge >= 0.3 is 5.97 Å². The third-order valence-corrected chi connectivity index (χ3v) is 3.56. The molecule has 1 aromatic heterocycles. The molecule has 1 aliphatic rings. The van der Waals surface area contributed by atoms with Crippen LogP contribution in [0.25, 0.3) is 0 Å². The van der Waals surface area contributed by atoms with Gasteiger partial charge in [-0.3, -0.25) is 4.79 Å². The van der Waals surface area contributed by atoms with Crippen LogP contribution < -0.4 is 4.90 Å². The molecule has 5 heteroatoms. The average Bonchev–Trinajstić information content (AvgIpc) is 2.39. The third-order valence-electron chi connectivity index (χ3n) is 3.56. The first-order chi connectivity index (χ1) is 8.99. The van der Waals surface area contributed by atoms with E-state index in [1.807, 2.05) is 23.1 Å². The molecule has 0 bridgehead atoms. The fourth-order valence-electron chi connectivity index (χ4n) is 2.33. The van der Waals surface area contributed by atoms with Crippen LogP contribution in [0.3, 0.4) is 0 Å². The Bertz CT molecular complexity index is 462. The number of anilines is 1. The van der Waals surface area contributed by atoms with Crippen molar-refractivity contribution in [2.75, 3.05) is 18.0 Å². The van der Waals surface area contributed by atoms with E-state index in [0.717, 1.165) is 11.5 Å². The fourth-order valence-corrected chi connectivity index (χ4v) is 2.33. The monoisotopic (exact) mass is 264 g/mol. The lowest BCUT2D eigenvalue weighted by molar-refractivity contribution is -0.146. The lowest BCUT2D eigenvalue weighted by Crippen LogP contribution is -2.46. The summed E-state index contributed by atoms with van der Waals surface area (Å²) in [6, 6.07) is 5.81. The molecule has 2 heterocycles. The molecule has 0 spiro atoms. The van der Waals surface area contributed by atoms with E-state index in [0.29, 0.717) is 25.4 Å². The molecule has 0 aromatic carbocycles. The van der Waals surface area contributed by atoms with Crippen LogP contribution in [0.2, 0.25) is 0 Å². The van der Waals surface area contributed by atoms with Gasteiger partial charge in [0.1, 0.15) is 11.7 Å². The van der Waals surface area contributed by atoms with Gasteiger partial charge in [0, 0.05) is 18.8 Å². The largest absolute Gasteiger partial charge is 0.481 e. The zero-order valence-electron chi connectivity index (χ0n) is 11.3. The van der Waals surface area contributed by atoms with Gasteiger partial charge in [-0.1, -0.05) is 19.9 Å². The Kier molecular flexibility index (Phi) is 4.04. The molecule has 0 radical (unpaired) electrons. The minimum atomic E-state index is -0.947. The van der Waals surface area contributed by atoms with Crippen molar-refractivity contribution >= 4 is 11.8 Å². The number of aliphatic carboxylic acids is 1. The molecule has 1 fully saturated rings. The normalized spacial score (nSPS) is 23.7. The van der Waals surface area contributed by atoms with Crippen LogP contribution in [-0.4, -0.2) is 40.4 Å². The van der Waals surface area contributed by atoms with Crippen molar-refractivity contribution in [2.45, 2.75) is 32.3 Å². The van der Waals surface area contributed by atoms with E-state index in [-0.39, 0.29) is 0 Å². The van der Waals surface area contributed by atoms with E-state index in [9.17, 15) is 9.90 Å². The topological polar surface area (TPSA) is 73.7 Å². The van der Waals surface area contributed by atoms with Gasteiger partial charge in [-0.15, -0.1) is 0 Å². The Balaban J connectivity index is 2.18. The number of aromatic nitrogens is 1. The number of hydrogen-bond donors (Lipinski definition) is 2. The zero-order valence-corrected chi connectivity index (χ0v) is 11.3. The molecule has 0 aliphatic carbocycles. The second-order valence-corrected chi connectivity index (χ2v) is 5.32. The Morgan fingerprint density at radius 1 is 1.47 bits per heavy atom. The van der Waals surface area contributed by atoms with Crippen molar-refractivity contribution in [1.29, 1.82) is 0 Å². The number of nitrogens with zero attached hydrogens (tertiary/aromatic N) is 2. The first-order valence-corrected chi connectivity index (χ1v) is 6.62. The predicted molar refractivity (Wildman–Crippen MR) is 72.3 cm³/mol. The first-order valence-electron chi connectivity index (χ1n) is 6.62. The minimum absolute atomic E-state index is 0.311. The van der Waals surface area contributed by atoms with Crippen molar-refractivity contribution in [2.24, 2.45) is 5.92 Å². The number of carbonyl (C=O) groups is 1. The summed E-state index contributed by atoms with van der Waals surface area (Å²) in [5.74, 6) is -0.551. The number of piperidine rings is 1. The molecule has 0 amide bonds. The van der Waals surface area contributed by atoms with Crippen LogP contribution in [0.1, 0.15) is 31.9 Å². The van der Waals surface area contributed by atoms with Gasteiger partial charge in [0.2, 0.25) is 0 Å². The molecule has 2 rings (SSSR count). The highest BCUT2D eigenvalue weighted by Crippen LogP contribution is 2.24. The maximum atomic E-state index is 11.1. The highest BCUT2D eigenvalue weighted by atomic mass is 16.4. The summed E-state index contributed by atoms with van der Waals surface area (Å²) < 4.78 is 0. The maximum Gasteiger partial charge on any atom is 0.310 e. The second-order valence-electron chi connectivity index (χ2n) is 5.32. The molecule has 2 N–H and O–H groups in total. The Labute approximate surface area is 112 Å². The average molecular weight is 264 g/mol. The van der Waals surface area contributed by atoms with Crippen molar-refractivity contribution in [3.8, 4) is 0 Å². The quantitative estimate of drug-likeness (QED) is 0.865. The van der Waals surface area contributed by atoms with Gasteiger partial charge in [0.15, 0.2) is 0 Å². The number of hydrogen-bond acceptors (Lipinski definition) is 4. The first kappa shape index (κ1) is 13.8. The minimum Gasteiger partial charge on any atom is -0.481 e. The van der Waals surface area contributed by atoms with Crippen molar-refractivity contribution in [3.63, 3.8) is 0 Å². The summed E-state index contributed by atoms with van der Waals surface area (Å²) in [4.78, 5) is 17.6. The van der Waals surface area contributed by atoms with E-state index in [1.165, 1.54) is 0 Å². The van der Waals surface area contributed by atoms with Gasteiger partial charge in [-0.25, -0.2) is 4.98 Å².